The van der Waals surface area contributed by atoms with Gasteiger partial charge in [-0.2, -0.15) is 0 Å². The van der Waals surface area contributed by atoms with E-state index in [9.17, 15) is 13.5 Å². The van der Waals surface area contributed by atoms with Gasteiger partial charge in [-0.15, -0.1) is 0 Å². The van der Waals surface area contributed by atoms with Gasteiger partial charge in [-0.3, -0.25) is 0 Å². The van der Waals surface area contributed by atoms with Crippen LogP contribution in [0.25, 0.3) is 0 Å². The molecule has 6 heteroatoms. The van der Waals surface area contributed by atoms with Crippen molar-refractivity contribution in [2.45, 2.75) is 57.7 Å². The van der Waals surface area contributed by atoms with Crippen LogP contribution in [0.15, 0.2) is 17.2 Å². The van der Waals surface area contributed by atoms with Crippen LogP contribution in [0.5, 0.6) is 0 Å². The van der Waals surface area contributed by atoms with Crippen LogP contribution in [0.2, 0.25) is 0 Å². The van der Waals surface area contributed by atoms with Gasteiger partial charge in [0.05, 0.1) is 11.5 Å². The Labute approximate surface area is 109 Å². The first kappa shape index (κ1) is 15.2. The second-order valence-corrected chi connectivity index (χ2v) is 6.64. The van der Waals surface area contributed by atoms with Crippen molar-refractivity contribution in [2.24, 2.45) is 0 Å². The summed E-state index contributed by atoms with van der Waals surface area (Å²) in [5.74, 6) is 0. The second-order valence-electron chi connectivity index (χ2n) is 4.95. The molecule has 0 saturated carbocycles. The fraction of sp³-hybridized carbons (Fsp3) is 0.667. The number of rotatable bonds is 6. The van der Waals surface area contributed by atoms with Crippen LogP contribution >= 0.6 is 0 Å². The number of sulfonamides is 1. The van der Waals surface area contributed by atoms with Gasteiger partial charge in [0, 0.05) is 24.0 Å². The predicted molar refractivity (Wildman–Crippen MR) is 70.7 cm³/mol. The van der Waals surface area contributed by atoms with Gasteiger partial charge >= 0.3 is 0 Å². The number of hydrogen-bond acceptors (Lipinski definition) is 3. The van der Waals surface area contributed by atoms with Crippen molar-refractivity contribution in [2.75, 3.05) is 0 Å². The number of nitrogens with one attached hydrogen (secondary N) is 1. The molecule has 1 rings (SSSR count). The van der Waals surface area contributed by atoms with Crippen LogP contribution < -0.4 is 4.72 Å². The SMILES string of the molecule is CCn1cc(S(=O)(=O)NC(C)(C)CC)cc1CO. The molecular weight excluding hydrogens is 252 g/mol. The van der Waals surface area contributed by atoms with Crippen LogP contribution in [-0.2, 0) is 23.2 Å². The minimum atomic E-state index is -3.53. The number of aromatic nitrogens is 1. The Bertz CT molecular complexity index is 482. The van der Waals surface area contributed by atoms with Crippen molar-refractivity contribution in [1.29, 1.82) is 0 Å². The molecule has 1 heterocycles. The molecule has 0 aromatic carbocycles. The van der Waals surface area contributed by atoms with E-state index in [2.05, 4.69) is 4.72 Å². The largest absolute Gasteiger partial charge is 0.390 e. The third-order valence-corrected chi connectivity index (χ3v) is 4.73. The first-order chi connectivity index (χ1) is 8.25. The lowest BCUT2D eigenvalue weighted by atomic mass is 10.0. The van der Waals surface area contributed by atoms with Gasteiger partial charge < -0.3 is 9.67 Å². The summed E-state index contributed by atoms with van der Waals surface area (Å²) in [6.07, 6.45) is 2.26. The molecule has 0 bridgehead atoms. The molecule has 0 amide bonds. The summed E-state index contributed by atoms with van der Waals surface area (Å²) in [7, 11) is -3.53. The average Bonchev–Trinajstić information content (AvgIpc) is 2.71. The van der Waals surface area contributed by atoms with Crippen LogP contribution in [0.3, 0.4) is 0 Å². The Morgan fingerprint density at radius 3 is 2.39 bits per heavy atom. The zero-order valence-corrected chi connectivity index (χ0v) is 12.2. The average molecular weight is 274 g/mol. The number of nitrogens with zero attached hydrogens (tertiary/aromatic N) is 1. The van der Waals surface area contributed by atoms with Gasteiger partial charge in [0.25, 0.3) is 0 Å². The molecular formula is C12H22N2O3S. The molecule has 0 fully saturated rings. The van der Waals surface area contributed by atoms with Gasteiger partial charge in [-0.25, -0.2) is 13.1 Å². The molecule has 0 atom stereocenters. The highest BCUT2D eigenvalue weighted by atomic mass is 32.2. The fourth-order valence-corrected chi connectivity index (χ4v) is 3.14. The minimum absolute atomic E-state index is 0.166. The summed E-state index contributed by atoms with van der Waals surface area (Å²) in [4.78, 5) is 0.204. The quantitative estimate of drug-likeness (QED) is 0.825. The molecule has 1 aromatic heterocycles. The lowest BCUT2D eigenvalue weighted by molar-refractivity contribution is 0.271. The maximum atomic E-state index is 12.2. The van der Waals surface area contributed by atoms with E-state index in [1.54, 1.807) is 10.8 Å². The van der Waals surface area contributed by atoms with Gasteiger partial charge in [-0.05, 0) is 33.3 Å². The summed E-state index contributed by atoms with van der Waals surface area (Å²) in [5, 5.41) is 9.17. The molecule has 2 N–H and O–H groups in total. The van der Waals surface area contributed by atoms with Gasteiger partial charge in [0.2, 0.25) is 10.0 Å². The number of aryl methyl sites for hydroxylation is 1. The van der Waals surface area contributed by atoms with Crippen LogP contribution in [0, 0.1) is 0 Å². The highest BCUT2D eigenvalue weighted by Gasteiger charge is 2.25. The Balaban J connectivity index is 3.09. The Morgan fingerprint density at radius 2 is 2.00 bits per heavy atom. The molecule has 18 heavy (non-hydrogen) atoms. The lowest BCUT2D eigenvalue weighted by Crippen LogP contribution is -2.42. The first-order valence-corrected chi connectivity index (χ1v) is 7.58. The van der Waals surface area contributed by atoms with E-state index >= 15 is 0 Å². The lowest BCUT2D eigenvalue weighted by Gasteiger charge is -2.23. The van der Waals surface area contributed by atoms with E-state index in [4.69, 9.17) is 0 Å². The standard InChI is InChI=1S/C12H22N2O3S/c1-5-12(3,4)13-18(16,17)11-7-10(9-15)14(6-2)8-11/h7-8,13,15H,5-6,9H2,1-4H3. The van der Waals surface area contributed by atoms with E-state index in [0.29, 0.717) is 18.7 Å². The smallest absolute Gasteiger partial charge is 0.242 e. The summed E-state index contributed by atoms with van der Waals surface area (Å²) in [5.41, 5.74) is 0.124. The van der Waals surface area contributed by atoms with Gasteiger partial charge in [0.1, 0.15) is 0 Å². The van der Waals surface area contributed by atoms with E-state index < -0.39 is 15.6 Å². The molecule has 0 aliphatic carbocycles. The Hall–Kier alpha value is -0.850. The van der Waals surface area contributed by atoms with E-state index in [1.807, 2.05) is 27.7 Å². The zero-order chi connectivity index (χ0) is 14.0. The molecule has 0 spiro atoms. The normalized spacial score (nSPS) is 12.9. The monoisotopic (exact) mass is 274 g/mol. The molecule has 1 aromatic rings. The number of hydrogen-bond donors (Lipinski definition) is 2. The maximum Gasteiger partial charge on any atom is 0.242 e. The fourth-order valence-electron chi connectivity index (χ4n) is 1.59. The summed E-state index contributed by atoms with van der Waals surface area (Å²) >= 11 is 0. The Morgan fingerprint density at radius 1 is 1.39 bits per heavy atom. The first-order valence-electron chi connectivity index (χ1n) is 6.09. The summed E-state index contributed by atoms with van der Waals surface area (Å²) < 4.78 is 28.8. The van der Waals surface area contributed by atoms with Crippen molar-refractivity contribution in [3.63, 3.8) is 0 Å². The topological polar surface area (TPSA) is 71.3 Å². The van der Waals surface area contributed by atoms with Crippen LogP contribution in [0.4, 0.5) is 0 Å². The van der Waals surface area contributed by atoms with Crippen molar-refractivity contribution < 1.29 is 13.5 Å². The molecule has 0 aliphatic rings. The third kappa shape index (κ3) is 3.34. The molecule has 0 radical (unpaired) electrons. The van der Waals surface area contributed by atoms with E-state index in [-0.39, 0.29) is 11.5 Å². The summed E-state index contributed by atoms with van der Waals surface area (Å²) in [6, 6.07) is 1.51. The Kier molecular flexibility index (Phi) is 4.58. The molecule has 5 nitrogen and oxygen atoms in total. The third-order valence-electron chi connectivity index (χ3n) is 3.07. The molecule has 0 aliphatic heterocycles. The molecule has 104 valence electrons. The highest BCUT2D eigenvalue weighted by molar-refractivity contribution is 7.89. The van der Waals surface area contributed by atoms with E-state index in [0.717, 1.165) is 0 Å². The van der Waals surface area contributed by atoms with Crippen LogP contribution in [-0.4, -0.2) is 23.6 Å². The number of aliphatic hydroxyl groups excluding tert-OH is 1. The second kappa shape index (κ2) is 5.42. The zero-order valence-electron chi connectivity index (χ0n) is 11.4. The highest BCUT2D eigenvalue weighted by Crippen LogP contribution is 2.18. The van der Waals surface area contributed by atoms with Gasteiger partial charge in [0.15, 0.2) is 0 Å². The molecule has 0 saturated heterocycles. The predicted octanol–water partition coefficient (Wildman–Crippen LogP) is 1.47. The molecule has 0 unspecified atom stereocenters. The minimum Gasteiger partial charge on any atom is -0.390 e. The van der Waals surface area contributed by atoms with Crippen molar-refractivity contribution in [3.8, 4) is 0 Å². The van der Waals surface area contributed by atoms with Crippen molar-refractivity contribution in [1.82, 2.24) is 9.29 Å². The number of aliphatic hydroxyl groups is 1. The van der Waals surface area contributed by atoms with Crippen molar-refractivity contribution >= 4 is 10.0 Å². The van der Waals surface area contributed by atoms with Crippen molar-refractivity contribution in [3.05, 3.63) is 18.0 Å². The van der Waals surface area contributed by atoms with Crippen LogP contribution in [0.1, 0.15) is 39.8 Å². The summed E-state index contributed by atoms with van der Waals surface area (Å²) in [6.45, 7) is 7.98. The van der Waals surface area contributed by atoms with Gasteiger partial charge in [-0.1, -0.05) is 6.92 Å². The maximum absolute atomic E-state index is 12.2. The van der Waals surface area contributed by atoms with E-state index in [1.165, 1.54) is 6.07 Å².